The number of hydrogen-bond donors (Lipinski definition) is 4. The third-order valence-electron chi connectivity index (χ3n) is 6.25. The summed E-state index contributed by atoms with van der Waals surface area (Å²) >= 11 is 0. The molecule has 0 unspecified atom stereocenters. The summed E-state index contributed by atoms with van der Waals surface area (Å²) in [5.74, 6) is -4.84. The van der Waals surface area contributed by atoms with Gasteiger partial charge in [0.25, 0.3) is 23.6 Å². The molecule has 1 aliphatic heterocycles. The Morgan fingerprint density at radius 3 is 1.59 bits per heavy atom. The van der Waals surface area contributed by atoms with Crippen LogP contribution in [0, 0.1) is 0 Å². The summed E-state index contributed by atoms with van der Waals surface area (Å²) in [7, 11) is 0. The average Bonchev–Trinajstić information content (AvgIpc) is 3.22. The van der Waals surface area contributed by atoms with Crippen molar-refractivity contribution in [2.24, 2.45) is 0 Å². The van der Waals surface area contributed by atoms with Crippen LogP contribution >= 0.6 is 0 Å². The van der Waals surface area contributed by atoms with Gasteiger partial charge >= 0.3 is 11.9 Å². The smallest absolute Gasteiger partial charge is 0.335 e. The zero-order valence-electron chi connectivity index (χ0n) is 21.0. The van der Waals surface area contributed by atoms with Crippen LogP contribution in [0.4, 0.5) is 17.1 Å². The number of rotatable bonds is 7. The fourth-order valence-corrected chi connectivity index (χ4v) is 4.27. The largest absolute Gasteiger partial charge is 0.478 e. The molecule has 202 valence electrons. The van der Waals surface area contributed by atoms with Gasteiger partial charge in [-0.05, 0) is 72.8 Å². The number of hydrogen-bond acceptors (Lipinski definition) is 6. The molecule has 4 aromatic rings. The normalized spacial score (nSPS) is 12.0. The quantitative estimate of drug-likeness (QED) is 0.246. The van der Waals surface area contributed by atoms with Gasteiger partial charge in [0.05, 0.1) is 27.9 Å². The molecule has 11 heteroatoms. The Labute approximate surface area is 231 Å². The van der Waals surface area contributed by atoms with Crippen LogP contribution in [-0.2, 0) is 0 Å². The Kier molecular flexibility index (Phi) is 6.84. The fraction of sp³-hybridized carbons (Fsp3) is 0. The lowest BCUT2D eigenvalue weighted by molar-refractivity contribution is 0.0686. The van der Waals surface area contributed by atoms with Crippen molar-refractivity contribution in [1.82, 2.24) is 0 Å². The summed E-state index contributed by atoms with van der Waals surface area (Å²) in [6.45, 7) is 0. The van der Waals surface area contributed by atoms with Crippen molar-refractivity contribution in [2.45, 2.75) is 0 Å². The molecule has 11 nitrogen and oxygen atoms in total. The number of benzene rings is 4. The lowest BCUT2D eigenvalue weighted by Crippen LogP contribution is -2.29. The van der Waals surface area contributed by atoms with Crippen molar-refractivity contribution in [2.75, 3.05) is 15.5 Å². The minimum atomic E-state index is -1.16. The molecule has 1 heterocycles. The number of carbonyl (C=O) groups is 6. The number of amides is 4. The first-order valence-electron chi connectivity index (χ1n) is 12.0. The first kappa shape index (κ1) is 26.5. The van der Waals surface area contributed by atoms with E-state index in [0.717, 1.165) is 4.90 Å². The van der Waals surface area contributed by atoms with Gasteiger partial charge in [-0.25, -0.2) is 14.5 Å². The maximum Gasteiger partial charge on any atom is 0.335 e. The van der Waals surface area contributed by atoms with Crippen molar-refractivity contribution in [3.63, 3.8) is 0 Å². The van der Waals surface area contributed by atoms with Gasteiger partial charge in [-0.15, -0.1) is 0 Å². The zero-order valence-corrected chi connectivity index (χ0v) is 21.0. The third-order valence-corrected chi connectivity index (χ3v) is 6.25. The second-order valence-electron chi connectivity index (χ2n) is 8.94. The SMILES string of the molecule is O=C(O)c1cccc(NC(=O)c2cccc(N3C(=O)c4ccc(C(=O)Nc5cccc(C(=O)O)c5)cc4C3=O)c2)c1. The van der Waals surface area contributed by atoms with E-state index in [0.29, 0.717) is 0 Å². The predicted octanol–water partition coefficient (Wildman–Crippen LogP) is 4.39. The molecule has 4 amide bonds. The summed E-state index contributed by atoms with van der Waals surface area (Å²) in [5, 5.41) is 23.5. The van der Waals surface area contributed by atoms with Gasteiger partial charge in [-0.1, -0.05) is 18.2 Å². The summed E-state index contributed by atoms with van der Waals surface area (Å²) in [6, 6.07) is 21.1. The summed E-state index contributed by atoms with van der Waals surface area (Å²) in [6.07, 6.45) is 0. The maximum atomic E-state index is 13.3. The van der Waals surface area contributed by atoms with Gasteiger partial charge in [0.15, 0.2) is 0 Å². The monoisotopic (exact) mass is 549 g/mol. The highest BCUT2D eigenvalue weighted by molar-refractivity contribution is 6.35. The highest BCUT2D eigenvalue weighted by atomic mass is 16.4. The lowest BCUT2D eigenvalue weighted by atomic mass is 10.1. The Bertz CT molecular complexity index is 1800. The number of aromatic carboxylic acids is 2. The van der Waals surface area contributed by atoms with Gasteiger partial charge in [0.1, 0.15) is 0 Å². The molecule has 4 N–H and O–H groups in total. The summed E-state index contributed by atoms with van der Waals surface area (Å²) in [4.78, 5) is 75.4. The van der Waals surface area contributed by atoms with Crippen LogP contribution in [0.1, 0.15) is 62.1 Å². The van der Waals surface area contributed by atoms with Gasteiger partial charge in [0, 0.05) is 22.5 Å². The van der Waals surface area contributed by atoms with Gasteiger partial charge in [0.2, 0.25) is 0 Å². The fourth-order valence-electron chi connectivity index (χ4n) is 4.27. The molecule has 0 bridgehead atoms. The van der Waals surface area contributed by atoms with E-state index in [1.807, 2.05) is 0 Å². The van der Waals surface area contributed by atoms with Crippen LogP contribution in [0.3, 0.4) is 0 Å². The van der Waals surface area contributed by atoms with E-state index in [2.05, 4.69) is 10.6 Å². The van der Waals surface area contributed by atoms with Crippen LogP contribution in [0.2, 0.25) is 0 Å². The molecule has 41 heavy (non-hydrogen) atoms. The summed E-state index contributed by atoms with van der Waals surface area (Å²) in [5.41, 5.74) is 0.835. The molecular formula is C30H19N3O8. The predicted molar refractivity (Wildman–Crippen MR) is 147 cm³/mol. The molecule has 0 saturated carbocycles. The van der Waals surface area contributed by atoms with E-state index >= 15 is 0 Å². The van der Waals surface area contributed by atoms with Crippen LogP contribution in [0.5, 0.6) is 0 Å². The molecular weight excluding hydrogens is 530 g/mol. The number of carbonyl (C=O) groups excluding carboxylic acids is 4. The van der Waals surface area contributed by atoms with E-state index in [1.54, 1.807) is 0 Å². The van der Waals surface area contributed by atoms with E-state index < -0.39 is 35.6 Å². The summed E-state index contributed by atoms with van der Waals surface area (Å²) < 4.78 is 0. The Morgan fingerprint density at radius 2 is 1.02 bits per heavy atom. The van der Waals surface area contributed by atoms with Gasteiger partial charge in [-0.2, -0.15) is 0 Å². The molecule has 5 rings (SSSR count). The molecule has 0 spiro atoms. The molecule has 0 atom stereocenters. The molecule has 0 radical (unpaired) electrons. The molecule has 0 aliphatic carbocycles. The van der Waals surface area contributed by atoms with E-state index in [1.165, 1.54) is 91.0 Å². The number of anilines is 3. The molecule has 0 fully saturated rings. The van der Waals surface area contributed by atoms with Gasteiger partial charge in [-0.3, -0.25) is 19.2 Å². The minimum absolute atomic E-state index is 0.00981. The van der Waals surface area contributed by atoms with E-state index in [9.17, 15) is 28.8 Å². The molecule has 1 aliphatic rings. The number of nitrogens with zero attached hydrogens (tertiary/aromatic N) is 1. The second-order valence-corrected chi connectivity index (χ2v) is 8.94. The van der Waals surface area contributed by atoms with Crippen molar-refractivity contribution in [3.8, 4) is 0 Å². The molecule has 0 saturated heterocycles. The van der Waals surface area contributed by atoms with Crippen LogP contribution in [0.15, 0.2) is 91.0 Å². The first-order valence-corrected chi connectivity index (χ1v) is 12.0. The number of nitrogens with one attached hydrogen (secondary N) is 2. The number of carboxylic acids is 2. The average molecular weight is 549 g/mol. The highest BCUT2D eigenvalue weighted by Crippen LogP contribution is 2.30. The zero-order chi connectivity index (χ0) is 29.3. The van der Waals surface area contributed by atoms with Crippen LogP contribution in [0.25, 0.3) is 0 Å². The number of carboxylic acid groups (broad SMARTS) is 2. The van der Waals surface area contributed by atoms with Crippen molar-refractivity contribution < 1.29 is 39.0 Å². The number of imide groups is 1. The molecule has 4 aromatic carbocycles. The Morgan fingerprint density at radius 1 is 0.537 bits per heavy atom. The maximum absolute atomic E-state index is 13.3. The van der Waals surface area contributed by atoms with Crippen LogP contribution < -0.4 is 15.5 Å². The lowest BCUT2D eigenvalue weighted by Gasteiger charge is -2.15. The Balaban J connectivity index is 1.36. The topological polar surface area (TPSA) is 170 Å². The molecule has 0 aromatic heterocycles. The Hall–Kier alpha value is -6.10. The minimum Gasteiger partial charge on any atom is -0.478 e. The second kappa shape index (κ2) is 10.6. The van der Waals surface area contributed by atoms with Crippen molar-refractivity contribution >= 4 is 52.6 Å². The standard InChI is InChI=1S/C30H19N3O8/c34-25(31-20-7-1-5-18(12-20)29(38)39)16-4-3-9-22(14-16)33-27(36)23-11-10-17(15-24(23)28(33)37)26(35)32-21-8-2-6-19(13-21)30(40)41/h1-15H,(H,31,34)(H,32,35)(H,38,39)(H,40,41). The third kappa shape index (κ3) is 5.27. The highest BCUT2D eigenvalue weighted by Gasteiger charge is 2.37. The van der Waals surface area contributed by atoms with Crippen molar-refractivity contribution in [3.05, 3.63) is 124 Å². The van der Waals surface area contributed by atoms with E-state index in [4.69, 9.17) is 10.2 Å². The van der Waals surface area contributed by atoms with Crippen molar-refractivity contribution in [1.29, 1.82) is 0 Å². The van der Waals surface area contributed by atoms with Gasteiger partial charge < -0.3 is 20.8 Å². The van der Waals surface area contributed by atoms with E-state index in [-0.39, 0.29) is 50.4 Å². The first-order chi connectivity index (χ1) is 19.6. The number of fused-ring (bicyclic) bond motifs is 1. The van der Waals surface area contributed by atoms with Crippen LogP contribution in [-0.4, -0.2) is 45.8 Å².